The number of benzene rings is 1. The predicted octanol–water partition coefficient (Wildman–Crippen LogP) is 2.05. The first kappa shape index (κ1) is 15.1. The van der Waals surface area contributed by atoms with Gasteiger partial charge in [-0.05, 0) is 38.7 Å². The molecular formula is C14H23FN2O. The number of nitrogens with zero attached hydrogens (tertiary/aromatic N) is 1. The monoisotopic (exact) mass is 254 g/mol. The topological polar surface area (TPSA) is 24.5 Å². The van der Waals surface area contributed by atoms with Gasteiger partial charge in [0.15, 0.2) is 0 Å². The van der Waals surface area contributed by atoms with Gasteiger partial charge in [-0.25, -0.2) is 4.39 Å². The Morgan fingerprint density at radius 1 is 1.33 bits per heavy atom. The number of ether oxygens (including phenoxy) is 1. The predicted molar refractivity (Wildman–Crippen MR) is 72.2 cm³/mol. The van der Waals surface area contributed by atoms with E-state index in [1.165, 1.54) is 6.07 Å². The zero-order valence-corrected chi connectivity index (χ0v) is 11.4. The van der Waals surface area contributed by atoms with Crippen LogP contribution in [0.4, 0.5) is 4.39 Å². The van der Waals surface area contributed by atoms with Crippen LogP contribution < -0.4 is 5.32 Å². The van der Waals surface area contributed by atoms with E-state index in [4.69, 9.17) is 4.74 Å². The summed E-state index contributed by atoms with van der Waals surface area (Å²) in [7, 11) is 4.04. The molecule has 0 amide bonds. The van der Waals surface area contributed by atoms with E-state index in [0.29, 0.717) is 6.61 Å². The van der Waals surface area contributed by atoms with Crippen molar-refractivity contribution in [1.82, 2.24) is 10.2 Å². The molecule has 0 saturated heterocycles. The van der Waals surface area contributed by atoms with Gasteiger partial charge in [0.2, 0.25) is 0 Å². The lowest BCUT2D eigenvalue weighted by Gasteiger charge is -2.15. The fraction of sp³-hybridized carbons (Fsp3) is 0.571. The average molecular weight is 254 g/mol. The third kappa shape index (κ3) is 6.10. The molecule has 1 rings (SSSR count). The number of rotatable bonds is 8. The minimum atomic E-state index is -0.191. The Morgan fingerprint density at radius 3 is 2.78 bits per heavy atom. The molecule has 0 aliphatic carbocycles. The molecule has 0 aliphatic heterocycles. The number of halogens is 1. The SMILES string of the molecule is CC(NCCOCCN(C)C)c1cccc(F)c1. The normalized spacial score (nSPS) is 12.9. The van der Waals surface area contributed by atoms with Crippen molar-refractivity contribution in [2.24, 2.45) is 0 Å². The lowest BCUT2D eigenvalue weighted by atomic mass is 10.1. The summed E-state index contributed by atoms with van der Waals surface area (Å²) in [6.45, 7) is 5.13. The van der Waals surface area contributed by atoms with Gasteiger partial charge in [-0.2, -0.15) is 0 Å². The average Bonchev–Trinajstić information content (AvgIpc) is 2.33. The second kappa shape index (κ2) is 8.19. The van der Waals surface area contributed by atoms with Gasteiger partial charge in [0, 0.05) is 19.1 Å². The summed E-state index contributed by atoms with van der Waals surface area (Å²) >= 11 is 0. The van der Waals surface area contributed by atoms with E-state index in [1.807, 2.05) is 27.1 Å². The van der Waals surface area contributed by atoms with Crippen molar-refractivity contribution in [2.75, 3.05) is 40.4 Å². The van der Waals surface area contributed by atoms with Gasteiger partial charge >= 0.3 is 0 Å². The molecular weight excluding hydrogens is 231 g/mol. The van der Waals surface area contributed by atoms with E-state index < -0.39 is 0 Å². The van der Waals surface area contributed by atoms with Crippen molar-refractivity contribution in [3.8, 4) is 0 Å². The molecule has 0 aliphatic rings. The van der Waals surface area contributed by atoms with Crippen LogP contribution in [0.1, 0.15) is 18.5 Å². The molecule has 4 heteroatoms. The summed E-state index contributed by atoms with van der Waals surface area (Å²) in [6.07, 6.45) is 0. The highest BCUT2D eigenvalue weighted by atomic mass is 19.1. The highest BCUT2D eigenvalue weighted by Gasteiger charge is 2.04. The molecule has 0 aromatic heterocycles. The summed E-state index contributed by atoms with van der Waals surface area (Å²) in [5.74, 6) is -0.191. The number of hydrogen-bond acceptors (Lipinski definition) is 3. The van der Waals surface area contributed by atoms with Crippen molar-refractivity contribution < 1.29 is 9.13 Å². The summed E-state index contributed by atoms with van der Waals surface area (Å²) < 4.78 is 18.5. The molecule has 1 aromatic carbocycles. The van der Waals surface area contributed by atoms with Crippen LogP contribution in [0.25, 0.3) is 0 Å². The smallest absolute Gasteiger partial charge is 0.123 e. The Balaban J connectivity index is 2.15. The number of likely N-dealkylation sites (N-methyl/N-ethyl adjacent to an activating group) is 1. The first-order valence-corrected chi connectivity index (χ1v) is 6.31. The maximum atomic E-state index is 13.0. The van der Waals surface area contributed by atoms with Crippen LogP contribution in [0.3, 0.4) is 0 Å². The van der Waals surface area contributed by atoms with Gasteiger partial charge in [-0.15, -0.1) is 0 Å². The molecule has 18 heavy (non-hydrogen) atoms. The molecule has 3 nitrogen and oxygen atoms in total. The molecule has 1 unspecified atom stereocenters. The zero-order valence-electron chi connectivity index (χ0n) is 11.4. The third-order valence-corrected chi connectivity index (χ3v) is 2.73. The second-order valence-electron chi connectivity index (χ2n) is 4.65. The van der Waals surface area contributed by atoms with Crippen molar-refractivity contribution in [3.63, 3.8) is 0 Å². The van der Waals surface area contributed by atoms with Crippen LogP contribution in [-0.4, -0.2) is 45.3 Å². The van der Waals surface area contributed by atoms with E-state index in [9.17, 15) is 4.39 Å². The van der Waals surface area contributed by atoms with Crippen molar-refractivity contribution in [3.05, 3.63) is 35.6 Å². The van der Waals surface area contributed by atoms with E-state index in [-0.39, 0.29) is 11.9 Å². The molecule has 102 valence electrons. The van der Waals surface area contributed by atoms with Gasteiger partial charge in [0.25, 0.3) is 0 Å². The molecule has 1 aromatic rings. The highest BCUT2D eigenvalue weighted by molar-refractivity contribution is 5.19. The van der Waals surface area contributed by atoms with Crippen LogP contribution in [0.2, 0.25) is 0 Å². The quantitative estimate of drug-likeness (QED) is 0.719. The molecule has 0 saturated carbocycles. The van der Waals surface area contributed by atoms with E-state index in [2.05, 4.69) is 10.2 Å². The fourth-order valence-electron chi connectivity index (χ4n) is 1.59. The maximum absolute atomic E-state index is 13.0. The minimum absolute atomic E-state index is 0.137. The molecule has 0 spiro atoms. The molecule has 0 heterocycles. The van der Waals surface area contributed by atoms with Gasteiger partial charge in [-0.1, -0.05) is 12.1 Å². The van der Waals surface area contributed by atoms with E-state index in [1.54, 1.807) is 12.1 Å². The van der Waals surface area contributed by atoms with Crippen LogP contribution in [-0.2, 0) is 4.74 Å². The molecule has 0 radical (unpaired) electrons. The number of nitrogens with one attached hydrogen (secondary N) is 1. The van der Waals surface area contributed by atoms with Crippen LogP contribution in [0.5, 0.6) is 0 Å². The molecule has 0 fully saturated rings. The summed E-state index contributed by atoms with van der Waals surface area (Å²) in [6, 6.07) is 6.81. The van der Waals surface area contributed by atoms with Gasteiger partial charge < -0.3 is 15.0 Å². The maximum Gasteiger partial charge on any atom is 0.123 e. The lowest BCUT2D eigenvalue weighted by Crippen LogP contribution is -2.25. The van der Waals surface area contributed by atoms with Crippen LogP contribution >= 0.6 is 0 Å². The van der Waals surface area contributed by atoms with Crippen molar-refractivity contribution in [2.45, 2.75) is 13.0 Å². The molecule has 1 atom stereocenters. The summed E-state index contributed by atoms with van der Waals surface area (Å²) in [4.78, 5) is 2.09. The third-order valence-electron chi connectivity index (χ3n) is 2.73. The fourth-order valence-corrected chi connectivity index (χ4v) is 1.59. The van der Waals surface area contributed by atoms with Crippen LogP contribution in [0, 0.1) is 5.82 Å². The Hall–Kier alpha value is -0.970. The first-order valence-electron chi connectivity index (χ1n) is 6.31. The first-order chi connectivity index (χ1) is 8.59. The molecule has 1 N–H and O–H groups in total. The van der Waals surface area contributed by atoms with Crippen molar-refractivity contribution >= 4 is 0 Å². The van der Waals surface area contributed by atoms with Gasteiger partial charge in [-0.3, -0.25) is 0 Å². The zero-order chi connectivity index (χ0) is 13.4. The Labute approximate surface area is 109 Å². The number of hydrogen-bond donors (Lipinski definition) is 1. The summed E-state index contributed by atoms with van der Waals surface area (Å²) in [5, 5.41) is 3.31. The van der Waals surface area contributed by atoms with E-state index in [0.717, 1.165) is 25.3 Å². The largest absolute Gasteiger partial charge is 0.379 e. The Kier molecular flexibility index (Phi) is 6.86. The Morgan fingerprint density at radius 2 is 2.11 bits per heavy atom. The molecule has 0 bridgehead atoms. The second-order valence-corrected chi connectivity index (χ2v) is 4.65. The van der Waals surface area contributed by atoms with E-state index >= 15 is 0 Å². The highest BCUT2D eigenvalue weighted by Crippen LogP contribution is 2.12. The van der Waals surface area contributed by atoms with Crippen LogP contribution in [0.15, 0.2) is 24.3 Å². The van der Waals surface area contributed by atoms with Gasteiger partial charge in [0.1, 0.15) is 5.82 Å². The summed E-state index contributed by atoms with van der Waals surface area (Å²) in [5.41, 5.74) is 0.961. The van der Waals surface area contributed by atoms with Crippen molar-refractivity contribution in [1.29, 1.82) is 0 Å². The standard InChI is InChI=1S/C14H23FN2O/c1-12(13-5-4-6-14(15)11-13)16-7-9-18-10-8-17(2)3/h4-6,11-12,16H,7-10H2,1-3H3. The lowest BCUT2D eigenvalue weighted by molar-refractivity contribution is 0.118. The minimum Gasteiger partial charge on any atom is -0.379 e. The van der Waals surface area contributed by atoms with Gasteiger partial charge in [0.05, 0.1) is 13.2 Å². The Bertz CT molecular complexity index is 344.